The molecule has 1 N–H and O–H groups in total. The number of aromatic nitrogens is 2. The number of benzene rings is 2. The van der Waals surface area contributed by atoms with Crippen LogP contribution in [-0.2, 0) is 4.79 Å². The Bertz CT molecular complexity index is 1050. The fourth-order valence-electron chi connectivity index (χ4n) is 3.72. The van der Waals surface area contributed by atoms with Crippen molar-refractivity contribution >= 4 is 23.2 Å². The number of hydrogen-bond acceptors (Lipinski definition) is 6. The Kier molecular flexibility index (Phi) is 6.65. The first-order valence-corrected chi connectivity index (χ1v) is 10.8. The zero-order valence-electron chi connectivity index (χ0n) is 17.7. The van der Waals surface area contributed by atoms with Crippen molar-refractivity contribution < 1.29 is 9.21 Å². The fraction of sp³-hybridized carbons (Fsp3) is 0.348. The summed E-state index contributed by atoms with van der Waals surface area (Å²) in [6.07, 6.45) is 0. The molecule has 1 aliphatic rings. The normalized spacial score (nSPS) is 16.2. The van der Waals surface area contributed by atoms with E-state index in [1.807, 2.05) is 43.3 Å². The summed E-state index contributed by atoms with van der Waals surface area (Å²) in [7, 11) is 0. The molecule has 0 aliphatic carbocycles. The molecule has 1 saturated heterocycles. The van der Waals surface area contributed by atoms with Gasteiger partial charge in [0, 0.05) is 31.7 Å². The van der Waals surface area contributed by atoms with Gasteiger partial charge in [0.05, 0.1) is 23.3 Å². The number of anilines is 1. The maximum Gasteiger partial charge on any atom is 0.247 e. The molecule has 1 aliphatic heterocycles. The minimum Gasteiger partial charge on any atom is -0.419 e. The van der Waals surface area contributed by atoms with Crippen LogP contribution in [0.3, 0.4) is 0 Å². The van der Waals surface area contributed by atoms with E-state index in [0.717, 1.165) is 37.3 Å². The van der Waals surface area contributed by atoms with Crippen molar-refractivity contribution in [2.45, 2.75) is 19.9 Å². The average molecular weight is 440 g/mol. The number of amides is 1. The summed E-state index contributed by atoms with van der Waals surface area (Å²) in [5.41, 5.74) is 2.72. The van der Waals surface area contributed by atoms with Crippen molar-refractivity contribution in [2.24, 2.45) is 0 Å². The Morgan fingerprint density at radius 3 is 2.65 bits per heavy atom. The molecule has 1 fully saturated rings. The van der Waals surface area contributed by atoms with Gasteiger partial charge in [-0.15, -0.1) is 10.2 Å². The highest BCUT2D eigenvalue weighted by Gasteiger charge is 2.26. The molecule has 4 rings (SSSR count). The van der Waals surface area contributed by atoms with Gasteiger partial charge in [-0.25, -0.2) is 0 Å². The molecule has 31 heavy (non-hydrogen) atoms. The number of carbonyl (C=O) groups excluding carboxylic acids is 1. The van der Waals surface area contributed by atoms with Crippen LogP contribution in [0.25, 0.3) is 11.5 Å². The zero-order chi connectivity index (χ0) is 21.8. The van der Waals surface area contributed by atoms with Crippen molar-refractivity contribution in [1.29, 1.82) is 0 Å². The maximum atomic E-state index is 12.4. The molecule has 8 heteroatoms. The predicted molar refractivity (Wildman–Crippen MR) is 121 cm³/mol. The third-order valence-electron chi connectivity index (χ3n) is 5.53. The van der Waals surface area contributed by atoms with Gasteiger partial charge in [0.2, 0.25) is 17.7 Å². The van der Waals surface area contributed by atoms with Crippen molar-refractivity contribution in [3.05, 3.63) is 65.0 Å². The Labute approximate surface area is 187 Å². The van der Waals surface area contributed by atoms with Gasteiger partial charge in [0.1, 0.15) is 0 Å². The first-order valence-electron chi connectivity index (χ1n) is 10.4. The van der Waals surface area contributed by atoms with Crippen LogP contribution >= 0.6 is 11.6 Å². The van der Waals surface area contributed by atoms with Gasteiger partial charge in [-0.1, -0.05) is 41.4 Å². The topological polar surface area (TPSA) is 74.5 Å². The lowest BCUT2D eigenvalue weighted by Crippen LogP contribution is -2.49. The molecule has 1 aromatic heterocycles. The molecule has 0 bridgehead atoms. The second kappa shape index (κ2) is 9.60. The van der Waals surface area contributed by atoms with Crippen LogP contribution in [0.2, 0.25) is 5.02 Å². The lowest BCUT2D eigenvalue weighted by molar-refractivity contribution is -0.117. The van der Waals surface area contributed by atoms with E-state index in [1.165, 1.54) is 0 Å². The molecule has 7 nitrogen and oxygen atoms in total. The van der Waals surface area contributed by atoms with Crippen LogP contribution in [0.1, 0.15) is 24.4 Å². The number of para-hydroxylation sites is 1. The third-order valence-corrected chi connectivity index (χ3v) is 5.86. The largest absolute Gasteiger partial charge is 0.419 e. The van der Waals surface area contributed by atoms with Gasteiger partial charge in [-0.2, -0.15) is 0 Å². The maximum absolute atomic E-state index is 12.4. The minimum atomic E-state index is -0.0608. The molecular weight excluding hydrogens is 414 g/mol. The van der Waals surface area contributed by atoms with E-state index in [2.05, 4.69) is 32.2 Å². The van der Waals surface area contributed by atoms with E-state index < -0.39 is 0 Å². The Hall–Kier alpha value is -2.74. The summed E-state index contributed by atoms with van der Waals surface area (Å²) >= 11 is 6.12. The molecule has 0 radical (unpaired) electrons. The SMILES string of the molecule is Cc1cccc(-c2nnc(C(C)N3CCN(CC(=O)Nc4ccccc4Cl)CC3)o2)c1. The summed E-state index contributed by atoms with van der Waals surface area (Å²) in [4.78, 5) is 16.8. The average Bonchev–Trinajstić information content (AvgIpc) is 3.26. The van der Waals surface area contributed by atoms with Crippen LogP contribution in [0.15, 0.2) is 52.9 Å². The molecule has 1 unspecified atom stereocenters. The number of rotatable bonds is 6. The van der Waals surface area contributed by atoms with E-state index in [1.54, 1.807) is 12.1 Å². The first-order chi connectivity index (χ1) is 15.0. The van der Waals surface area contributed by atoms with E-state index >= 15 is 0 Å². The number of nitrogens with zero attached hydrogens (tertiary/aromatic N) is 4. The molecule has 0 spiro atoms. The van der Waals surface area contributed by atoms with Gasteiger partial charge in [0.15, 0.2) is 0 Å². The molecule has 1 amide bonds. The number of hydrogen-bond donors (Lipinski definition) is 1. The van der Waals surface area contributed by atoms with Gasteiger partial charge in [-0.3, -0.25) is 14.6 Å². The lowest BCUT2D eigenvalue weighted by Gasteiger charge is -2.36. The molecule has 1 atom stereocenters. The van der Waals surface area contributed by atoms with Gasteiger partial charge < -0.3 is 9.73 Å². The minimum absolute atomic E-state index is 0.0187. The number of piperazine rings is 1. The molecule has 162 valence electrons. The van der Waals surface area contributed by atoms with Crippen LogP contribution in [0.4, 0.5) is 5.69 Å². The number of halogens is 1. The molecule has 3 aromatic rings. The smallest absolute Gasteiger partial charge is 0.247 e. The van der Waals surface area contributed by atoms with Crippen LogP contribution in [0.5, 0.6) is 0 Å². The van der Waals surface area contributed by atoms with Gasteiger partial charge in [-0.05, 0) is 38.1 Å². The Balaban J connectivity index is 1.29. The predicted octanol–water partition coefficient (Wildman–Crippen LogP) is 4.02. The third kappa shape index (κ3) is 5.31. The van der Waals surface area contributed by atoms with E-state index in [0.29, 0.717) is 29.0 Å². The zero-order valence-corrected chi connectivity index (χ0v) is 18.5. The van der Waals surface area contributed by atoms with Crippen molar-refractivity contribution in [3.63, 3.8) is 0 Å². The van der Waals surface area contributed by atoms with Crippen molar-refractivity contribution in [3.8, 4) is 11.5 Å². The Morgan fingerprint density at radius 1 is 1.13 bits per heavy atom. The van der Waals surface area contributed by atoms with Crippen molar-refractivity contribution in [1.82, 2.24) is 20.0 Å². The number of aryl methyl sites for hydroxylation is 1. The summed E-state index contributed by atoms with van der Waals surface area (Å²) < 4.78 is 5.95. The summed E-state index contributed by atoms with van der Waals surface area (Å²) in [6, 6.07) is 15.3. The molecule has 2 heterocycles. The van der Waals surface area contributed by atoms with Crippen LogP contribution < -0.4 is 5.32 Å². The second-order valence-corrected chi connectivity index (χ2v) is 8.24. The summed E-state index contributed by atoms with van der Waals surface area (Å²) in [5, 5.41) is 11.9. The second-order valence-electron chi connectivity index (χ2n) is 7.83. The number of nitrogens with one attached hydrogen (secondary N) is 1. The number of carbonyl (C=O) groups is 1. The van der Waals surface area contributed by atoms with E-state index in [4.69, 9.17) is 16.0 Å². The monoisotopic (exact) mass is 439 g/mol. The molecular formula is C23H26ClN5O2. The van der Waals surface area contributed by atoms with Gasteiger partial charge >= 0.3 is 0 Å². The highest BCUT2D eigenvalue weighted by Crippen LogP contribution is 2.25. The van der Waals surface area contributed by atoms with Gasteiger partial charge in [0.25, 0.3) is 0 Å². The summed E-state index contributed by atoms with van der Waals surface area (Å²) in [6.45, 7) is 7.68. The molecule has 0 saturated carbocycles. The quantitative estimate of drug-likeness (QED) is 0.625. The first kappa shape index (κ1) is 21.5. The van der Waals surface area contributed by atoms with Crippen LogP contribution in [-0.4, -0.2) is 58.6 Å². The standard InChI is InChI=1S/C23H26ClN5O2/c1-16-6-5-7-18(14-16)23-27-26-22(31-23)17(2)29-12-10-28(11-13-29)15-21(30)25-20-9-4-3-8-19(20)24/h3-9,14,17H,10-13,15H2,1-2H3,(H,25,30). The highest BCUT2D eigenvalue weighted by molar-refractivity contribution is 6.33. The summed E-state index contributed by atoms with van der Waals surface area (Å²) in [5.74, 6) is 1.09. The van der Waals surface area contributed by atoms with E-state index in [-0.39, 0.29) is 11.9 Å². The lowest BCUT2D eigenvalue weighted by atomic mass is 10.1. The highest BCUT2D eigenvalue weighted by atomic mass is 35.5. The van der Waals surface area contributed by atoms with Crippen LogP contribution in [0, 0.1) is 6.92 Å². The van der Waals surface area contributed by atoms with E-state index in [9.17, 15) is 4.79 Å². The molecule has 2 aromatic carbocycles. The Morgan fingerprint density at radius 2 is 1.90 bits per heavy atom. The fourth-order valence-corrected chi connectivity index (χ4v) is 3.90. The van der Waals surface area contributed by atoms with Crippen molar-refractivity contribution in [2.75, 3.05) is 38.0 Å².